The number of allylic oxidation sites excluding steroid dienone is 3. The number of halogens is 1. The molecule has 1 aliphatic rings. The summed E-state index contributed by atoms with van der Waals surface area (Å²) in [7, 11) is 0. The molecule has 0 saturated carbocycles. The van der Waals surface area contributed by atoms with Crippen LogP contribution in [0.25, 0.3) is 0 Å². The summed E-state index contributed by atoms with van der Waals surface area (Å²) in [4.78, 5) is 0. The molecule has 0 atom stereocenters. The Kier molecular flexibility index (Phi) is 3.37. The van der Waals surface area contributed by atoms with Gasteiger partial charge in [0.25, 0.3) is 0 Å². The van der Waals surface area contributed by atoms with Gasteiger partial charge >= 0.3 is 0 Å². The summed E-state index contributed by atoms with van der Waals surface area (Å²) in [5, 5.41) is 0. The van der Waals surface area contributed by atoms with Gasteiger partial charge in [0.05, 0.1) is 0 Å². The van der Waals surface area contributed by atoms with Crippen LogP contribution in [-0.2, 0) is 6.54 Å². The van der Waals surface area contributed by atoms with E-state index in [1.807, 2.05) is 18.2 Å². The van der Waals surface area contributed by atoms with Crippen LogP contribution >= 0.6 is 0 Å². The number of benzene rings is 1. The lowest BCUT2D eigenvalue weighted by Gasteiger charge is -2.11. The highest BCUT2D eigenvalue weighted by Crippen LogP contribution is 2.23. The SMILES string of the molecule is NCc1cccc(OC2=CCCC=C2)c1F. The van der Waals surface area contributed by atoms with Gasteiger partial charge in [-0.25, -0.2) is 4.39 Å². The first-order valence-electron chi connectivity index (χ1n) is 5.33. The largest absolute Gasteiger partial charge is 0.455 e. The van der Waals surface area contributed by atoms with E-state index in [1.165, 1.54) is 0 Å². The van der Waals surface area contributed by atoms with Crippen molar-refractivity contribution < 1.29 is 9.13 Å². The molecule has 84 valence electrons. The molecule has 0 saturated heterocycles. The van der Waals surface area contributed by atoms with Crippen LogP contribution in [0.5, 0.6) is 5.75 Å². The Morgan fingerprint density at radius 3 is 2.88 bits per heavy atom. The van der Waals surface area contributed by atoms with Crippen molar-refractivity contribution >= 4 is 0 Å². The summed E-state index contributed by atoms with van der Waals surface area (Å²) in [5.74, 6) is 0.560. The molecule has 1 aromatic rings. The summed E-state index contributed by atoms with van der Waals surface area (Å²) < 4.78 is 19.2. The molecule has 0 unspecified atom stereocenters. The third kappa shape index (κ3) is 2.31. The molecule has 0 aliphatic heterocycles. The fraction of sp³-hybridized carbons (Fsp3) is 0.231. The molecule has 3 heteroatoms. The second-order valence-corrected chi connectivity index (χ2v) is 3.62. The quantitative estimate of drug-likeness (QED) is 0.848. The monoisotopic (exact) mass is 219 g/mol. The molecule has 1 aliphatic carbocycles. The Morgan fingerprint density at radius 2 is 2.19 bits per heavy atom. The van der Waals surface area contributed by atoms with Gasteiger partial charge in [0, 0.05) is 12.1 Å². The van der Waals surface area contributed by atoms with Crippen molar-refractivity contribution in [3.63, 3.8) is 0 Å². The maximum Gasteiger partial charge on any atom is 0.170 e. The summed E-state index contributed by atoms with van der Waals surface area (Å²) in [6.07, 6.45) is 7.77. The van der Waals surface area contributed by atoms with E-state index in [2.05, 4.69) is 0 Å². The zero-order valence-electron chi connectivity index (χ0n) is 8.95. The van der Waals surface area contributed by atoms with Gasteiger partial charge in [-0.2, -0.15) is 0 Å². The van der Waals surface area contributed by atoms with E-state index in [0.717, 1.165) is 12.8 Å². The van der Waals surface area contributed by atoms with Gasteiger partial charge in [0.15, 0.2) is 11.6 Å². The number of hydrogen-bond acceptors (Lipinski definition) is 2. The Bertz CT molecular complexity index is 438. The highest BCUT2D eigenvalue weighted by Gasteiger charge is 2.09. The Morgan fingerprint density at radius 1 is 1.31 bits per heavy atom. The van der Waals surface area contributed by atoms with E-state index < -0.39 is 0 Å². The fourth-order valence-corrected chi connectivity index (χ4v) is 1.58. The summed E-state index contributed by atoms with van der Waals surface area (Å²) in [6.45, 7) is 0.178. The van der Waals surface area contributed by atoms with E-state index >= 15 is 0 Å². The zero-order chi connectivity index (χ0) is 11.4. The molecular weight excluding hydrogens is 205 g/mol. The normalized spacial score (nSPS) is 14.8. The molecular formula is C13H14FNO. The first-order valence-corrected chi connectivity index (χ1v) is 5.33. The smallest absolute Gasteiger partial charge is 0.170 e. The Hall–Kier alpha value is -1.61. The first-order chi connectivity index (χ1) is 7.81. The molecule has 2 nitrogen and oxygen atoms in total. The van der Waals surface area contributed by atoms with Gasteiger partial charge in [-0.3, -0.25) is 0 Å². The zero-order valence-corrected chi connectivity index (χ0v) is 8.95. The van der Waals surface area contributed by atoms with Gasteiger partial charge < -0.3 is 10.5 Å². The van der Waals surface area contributed by atoms with Gasteiger partial charge in [0.2, 0.25) is 0 Å². The maximum absolute atomic E-state index is 13.8. The minimum absolute atomic E-state index is 0.178. The second-order valence-electron chi connectivity index (χ2n) is 3.62. The standard InChI is InChI=1S/C13H14FNO/c14-13-10(9-15)5-4-8-12(13)16-11-6-2-1-3-7-11/h2,4-8H,1,3,9,15H2. The fourth-order valence-electron chi connectivity index (χ4n) is 1.58. The molecule has 16 heavy (non-hydrogen) atoms. The van der Waals surface area contributed by atoms with Crippen molar-refractivity contribution in [2.75, 3.05) is 0 Å². The van der Waals surface area contributed by atoms with Crippen molar-refractivity contribution in [2.45, 2.75) is 19.4 Å². The number of nitrogens with two attached hydrogens (primary N) is 1. The average Bonchev–Trinajstić information content (AvgIpc) is 2.33. The Labute approximate surface area is 94.2 Å². The predicted octanol–water partition coefficient (Wildman–Crippen LogP) is 2.90. The van der Waals surface area contributed by atoms with Crippen LogP contribution in [0, 0.1) is 5.82 Å². The molecule has 0 fully saturated rings. The van der Waals surface area contributed by atoms with Gasteiger partial charge in [-0.1, -0.05) is 18.2 Å². The summed E-state index contributed by atoms with van der Waals surface area (Å²) >= 11 is 0. The van der Waals surface area contributed by atoms with Crippen LogP contribution in [0.2, 0.25) is 0 Å². The maximum atomic E-state index is 13.8. The highest BCUT2D eigenvalue weighted by atomic mass is 19.1. The van der Waals surface area contributed by atoms with Crippen molar-refractivity contribution in [2.24, 2.45) is 5.73 Å². The number of ether oxygens (including phenoxy) is 1. The van der Waals surface area contributed by atoms with Crippen LogP contribution in [0.15, 0.2) is 42.2 Å². The summed E-state index contributed by atoms with van der Waals surface area (Å²) in [6, 6.07) is 5.01. The molecule has 0 heterocycles. The van der Waals surface area contributed by atoms with Crippen LogP contribution in [0.4, 0.5) is 4.39 Å². The second kappa shape index (κ2) is 4.94. The third-order valence-electron chi connectivity index (χ3n) is 2.45. The van der Waals surface area contributed by atoms with Crippen LogP contribution in [0.3, 0.4) is 0 Å². The lowest BCUT2D eigenvalue weighted by molar-refractivity contribution is 0.405. The minimum atomic E-state index is -0.370. The van der Waals surface area contributed by atoms with E-state index in [9.17, 15) is 4.39 Å². The van der Waals surface area contributed by atoms with Crippen molar-refractivity contribution in [1.82, 2.24) is 0 Å². The molecule has 0 radical (unpaired) electrons. The van der Waals surface area contributed by atoms with Gasteiger partial charge in [0.1, 0.15) is 5.76 Å². The molecule has 2 N–H and O–H groups in total. The summed E-state index contributed by atoms with van der Waals surface area (Å²) in [5.41, 5.74) is 5.90. The average molecular weight is 219 g/mol. The van der Waals surface area contributed by atoms with Crippen molar-refractivity contribution in [3.05, 3.63) is 53.6 Å². The van der Waals surface area contributed by atoms with Crippen molar-refractivity contribution in [3.8, 4) is 5.75 Å². The highest BCUT2D eigenvalue weighted by molar-refractivity contribution is 5.34. The third-order valence-corrected chi connectivity index (χ3v) is 2.45. The lowest BCUT2D eigenvalue weighted by Crippen LogP contribution is -2.03. The first kappa shape index (κ1) is 10.9. The minimum Gasteiger partial charge on any atom is -0.455 e. The van der Waals surface area contributed by atoms with Crippen molar-refractivity contribution in [1.29, 1.82) is 0 Å². The molecule has 0 amide bonds. The molecule has 0 aromatic heterocycles. The van der Waals surface area contributed by atoms with Crippen LogP contribution in [0.1, 0.15) is 18.4 Å². The molecule has 0 spiro atoms. The van der Waals surface area contributed by atoms with E-state index in [0.29, 0.717) is 11.3 Å². The van der Waals surface area contributed by atoms with Gasteiger partial charge in [-0.15, -0.1) is 0 Å². The lowest BCUT2D eigenvalue weighted by atomic mass is 10.1. The molecule has 1 aromatic carbocycles. The topological polar surface area (TPSA) is 35.2 Å². The van der Waals surface area contributed by atoms with Gasteiger partial charge in [-0.05, 0) is 31.1 Å². The van der Waals surface area contributed by atoms with Crippen LogP contribution in [-0.4, -0.2) is 0 Å². The molecule has 2 rings (SSSR count). The van der Waals surface area contributed by atoms with Crippen LogP contribution < -0.4 is 10.5 Å². The van der Waals surface area contributed by atoms with E-state index in [1.54, 1.807) is 18.2 Å². The number of rotatable bonds is 3. The number of hydrogen-bond donors (Lipinski definition) is 1. The predicted molar refractivity (Wildman–Crippen MR) is 61.4 cm³/mol. The van der Waals surface area contributed by atoms with E-state index in [-0.39, 0.29) is 18.1 Å². The van der Waals surface area contributed by atoms with E-state index in [4.69, 9.17) is 10.5 Å². The Balaban J connectivity index is 2.21. The molecule has 0 bridgehead atoms.